The van der Waals surface area contributed by atoms with Crippen molar-refractivity contribution in [2.24, 2.45) is 0 Å². The van der Waals surface area contributed by atoms with Gasteiger partial charge >= 0.3 is 0 Å². The van der Waals surface area contributed by atoms with Crippen LogP contribution in [-0.2, 0) is 0 Å². The van der Waals surface area contributed by atoms with E-state index in [-0.39, 0.29) is 17.4 Å². The van der Waals surface area contributed by atoms with Crippen LogP contribution >= 0.6 is 23.2 Å². The third-order valence-corrected chi connectivity index (χ3v) is 4.79. The molecule has 134 valence electrons. The van der Waals surface area contributed by atoms with Gasteiger partial charge in [-0.2, -0.15) is 0 Å². The SMILES string of the molecule is CCCCCC=CCC=CCC=CCC(Cl)C(Cl)CCCCO. The highest BCUT2D eigenvalue weighted by Gasteiger charge is 2.14. The maximum absolute atomic E-state index is 8.75. The Balaban J connectivity index is 3.59. The predicted molar refractivity (Wildman–Crippen MR) is 106 cm³/mol. The number of halogens is 2. The van der Waals surface area contributed by atoms with E-state index in [4.69, 9.17) is 28.3 Å². The van der Waals surface area contributed by atoms with Crippen molar-refractivity contribution in [2.75, 3.05) is 6.61 Å². The van der Waals surface area contributed by atoms with E-state index in [1.54, 1.807) is 0 Å². The Morgan fingerprint density at radius 1 is 0.783 bits per heavy atom. The molecule has 0 amide bonds. The molecule has 0 fully saturated rings. The van der Waals surface area contributed by atoms with Crippen molar-refractivity contribution in [3.63, 3.8) is 0 Å². The van der Waals surface area contributed by atoms with Crippen LogP contribution in [0.2, 0.25) is 0 Å². The fourth-order valence-corrected chi connectivity index (χ4v) is 2.66. The second-order valence-corrected chi connectivity index (χ2v) is 6.99. The quantitative estimate of drug-likeness (QED) is 0.194. The number of aliphatic hydroxyl groups excluding tert-OH is 1. The monoisotopic (exact) mass is 360 g/mol. The molecule has 2 atom stereocenters. The Labute approximate surface area is 153 Å². The molecule has 0 aromatic rings. The molecule has 0 aliphatic carbocycles. The normalized spacial score (nSPS) is 15.1. The summed E-state index contributed by atoms with van der Waals surface area (Å²) < 4.78 is 0. The second-order valence-electron chi connectivity index (χ2n) is 5.87. The first-order valence-corrected chi connectivity index (χ1v) is 9.93. The van der Waals surface area contributed by atoms with Gasteiger partial charge in [0.1, 0.15) is 0 Å². The Bertz CT molecular complexity index is 324. The first-order valence-electron chi connectivity index (χ1n) is 9.06. The molecule has 0 heterocycles. The number of allylic oxidation sites excluding steroid dienone is 6. The topological polar surface area (TPSA) is 20.2 Å². The lowest BCUT2D eigenvalue weighted by Gasteiger charge is -2.13. The zero-order valence-corrected chi connectivity index (χ0v) is 16.1. The van der Waals surface area contributed by atoms with Gasteiger partial charge in [0.2, 0.25) is 0 Å². The van der Waals surface area contributed by atoms with Crippen LogP contribution in [0.3, 0.4) is 0 Å². The first kappa shape index (κ1) is 22.8. The molecule has 0 saturated carbocycles. The van der Waals surface area contributed by atoms with E-state index in [0.717, 1.165) is 38.5 Å². The Hall–Kier alpha value is -0.240. The molecule has 0 aliphatic rings. The number of hydrogen-bond donors (Lipinski definition) is 1. The molecule has 1 N–H and O–H groups in total. The molecular formula is C20H34Cl2O. The third-order valence-electron chi connectivity index (χ3n) is 3.66. The van der Waals surface area contributed by atoms with E-state index < -0.39 is 0 Å². The van der Waals surface area contributed by atoms with E-state index in [2.05, 4.69) is 43.4 Å². The van der Waals surface area contributed by atoms with Gasteiger partial charge in [0.05, 0.1) is 10.8 Å². The lowest BCUT2D eigenvalue weighted by Crippen LogP contribution is -2.14. The largest absolute Gasteiger partial charge is 0.396 e. The molecule has 0 radical (unpaired) electrons. The second kappa shape index (κ2) is 18.1. The van der Waals surface area contributed by atoms with Crippen molar-refractivity contribution in [2.45, 2.75) is 81.9 Å². The molecule has 0 saturated heterocycles. The van der Waals surface area contributed by atoms with Crippen molar-refractivity contribution in [3.05, 3.63) is 36.5 Å². The maximum Gasteiger partial charge on any atom is 0.0534 e. The summed E-state index contributed by atoms with van der Waals surface area (Å²) in [5.74, 6) is 0. The molecule has 0 aliphatic heterocycles. The Morgan fingerprint density at radius 2 is 1.43 bits per heavy atom. The minimum atomic E-state index is -0.0263. The molecule has 0 bridgehead atoms. The summed E-state index contributed by atoms with van der Waals surface area (Å²) in [5, 5.41) is 8.71. The molecule has 0 aromatic carbocycles. The number of rotatable bonds is 15. The lowest BCUT2D eigenvalue weighted by molar-refractivity contribution is 0.282. The van der Waals surface area contributed by atoms with Crippen LogP contribution in [0.15, 0.2) is 36.5 Å². The van der Waals surface area contributed by atoms with Gasteiger partial charge in [0.25, 0.3) is 0 Å². The van der Waals surface area contributed by atoms with Crippen LogP contribution in [0.4, 0.5) is 0 Å². The number of aliphatic hydroxyl groups is 1. The molecule has 3 heteroatoms. The maximum atomic E-state index is 8.75. The smallest absolute Gasteiger partial charge is 0.0534 e. The lowest BCUT2D eigenvalue weighted by atomic mass is 10.1. The van der Waals surface area contributed by atoms with Crippen molar-refractivity contribution in [3.8, 4) is 0 Å². The summed E-state index contributed by atoms with van der Waals surface area (Å²) in [6.45, 7) is 2.47. The highest BCUT2D eigenvalue weighted by atomic mass is 35.5. The van der Waals surface area contributed by atoms with Gasteiger partial charge in [-0.05, 0) is 51.4 Å². The molecule has 0 rings (SSSR count). The summed E-state index contributed by atoms with van der Waals surface area (Å²) in [4.78, 5) is 0. The summed E-state index contributed by atoms with van der Waals surface area (Å²) in [5.41, 5.74) is 0. The fourth-order valence-electron chi connectivity index (χ4n) is 2.18. The predicted octanol–water partition coefficient (Wildman–Crippen LogP) is 6.78. The zero-order chi connectivity index (χ0) is 17.2. The summed E-state index contributed by atoms with van der Waals surface area (Å²) in [6.07, 6.45) is 23.7. The van der Waals surface area contributed by atoms with Gasteiger partial charge < -0.3 is 5.11 Å². The van der Waals surface area contributed by atoms with E-state index in [1.807, 2.05) is 0 Å². The average Bonchev–Trinajstić information content (AvgIpc) is 2.55. The number of alkyl halides is 2. The summed E-state index contributed by atoms with van der Waals surface area (Å²) >= 11 is 12.5. The molecular weight excluding hydrogens is 327 g/mol. The van der Waals surface area contributed by atoms with E-state index in [0.29, 0.717) is 0 Å². The van der Waals surface area contributed by atoms with Crippen LogP contribution in [0.1, 0.15) is 71.1 Å². The van der Waals surface area contributed by atoms with Gasteiger partial charge in [0.15, 0.2) is 0 Å². The Kier molecular flexibility index (Phi) is 17.9. The highest BCUT2D eigenvalue weighted by molar-refractivity contribution is 6.30. The van der Waals surface area contributed by atoms with Crippen LogP contribution in [0, 0.1) is 0 Å². The summed E-state index contributed by atoms with van der Waals surface area (Å²) in [6, 6.07) is 0. The van der Waals surface area contributed by atoms with Crippen molar-refractivity contribution in [1.82, 2.24) is 0 Å². The number of hydrogen-bond acceptors (Lipinski definition) is 1. The van der Waals surface area contributed by atoms with Crippen LogP contribution < -0.4 is 0 Å². The van der Waals surface area contributed by atoms with Gasteiger partial charge in [0, 0.05) is 6.61 Å². The molecule has 23 heavy (non-hydrogen) atoms. The van der Waals surface area contributed by atoms with Gasteiger partial charge in [-0.15, -0.1) is 23.2 Å². The highest BCUT2D eigenvalue weighted by Crippen LogP contribution is 2.20. The van der Waals surface area contributed by atoms with E-state index in [1.165, 1.54) is 25.7 Å². The van der Waals surface area contributed by atoms with E-state index >= 15 is 0 Å². The van der Waals surface area contributed by atoms with Crippen LogP contribution in [0.25, 0.3) is 0 Å². The van der Waals surface area contributed by atoms with Crippen molar-refractivity contribution < 1.29 is 5.11 Å². The number of unbranched alkanes of at least 4 members (excludes halogenated alkanes) is 4. The minimum Gasteiger partial charge on any atom is -0.396 e. The summed E-state index contributed by atoms with van der Waals surface area (Å²) in [7, 11) is 0. The first-order chi connectivity index (χ1) is 11.2. The molecule has 2 unspecified atom stereocenters. The molecule has 0 aromatic heterocycles. The molecule has 1 nitrogen and oxygen atoms in total. The average molecular weight is 361 g/mol. The van der Waals surface area contributed by atoms with Crippen LogP contribution in [-0.4, -0.2) is 22.5 Å². The Morgan fingerprint density at radius 3 is 2.09 bits per heavy atom. The molecule has 0 spiro atoms. The van der Waals surface area contributed by atoms with Crippen LogP contribution in [0.5, 0.6) is 0 Å². The van der Waals surface area contributed by atoms with Gasteiger partial charge in [-0.3, -0.25) is 0 Å². The third kappa shape index (κ3) is 16.4. The van der Waals surface area contributed by atoms with Gasteiger partial charge in [-0.25, -0.2) is 0 Å². The fraction of sp³-hybridized carbons (Fsp3) is 0.700. The zero-order valence-electron chi connectivity index (χ0n) is 14.6. The van der Waals surface area contributed by atoms with Crippen molar-refractivity contribution >= 4 is 23.2 Å². The minimum absolute atomic E-state index is 0.0127. The van der Waals surface area contributed by atoms with Gasteiger partial charge in [-0.1, -0.05) is 56.2 Å². The standard InChI is InChI=1S/C20H34Cl2O/c1-2-3-4-5-6-7-8-9-10-11-12-13-16-19(21)20(22)17-14-15-18-23/h6-7,9-10,12-13,19-20,23H,2-5,8,11,14-18H2,1H3. The van der Waals surface area contributed by atoms with Crippen molar-refractivity contribution in [1.29, 1.82) is 0 Å². The van der Waals surface area contributed by atoms with E-state index in [9.17, 15) is 0 Å².